The second-order valence-corrected chi connectivity index (χ2v) is 7.10. The van der Waals surface area contributed by atoms with E-state index in [2.05, 4.69) is 15.4 Å². The van der Waals surface area contributed by atoms with Gasteiger partial charge in [0.2, 0.25) is 11.8 Å². The average Bonchev–Trinajstić information content (AvgIpc) is 3.30. The molecule has 144 valence electrons. The number of pyridine rings is 1. The molecule has 3 aromatic rings. The van der Waals surface area contributed by atoms with E-state index in [1.165, 1.54) is 0 Å². The standard InChI is InChI=1S/C21H23N5O2/c27-20-12-18(15-25(20)14-16-6-9-22-10-7-16)21(28)23-8-3-11-26-19-5-2-1-4-17(19)13-24-26/h1-2,4-7,9-10,13,18H,3,8,11-12,14-15H2,(H,23,28). The van der Waals surface area contributed by atoms with Crippen LogP contribution < -0.4 is 5.32 Å². The van der Waals surface area contributed by atoms with Crippen LogP contribution in [0.15, 0.2) is 55.0 Å². The summed E-state index contributed by atoms with van der Waals surface area (Å²) in [6.07, 6.45) is 6.35. The van der Waals surface area contributed by atoms with Crippen LogP contribution in [-0.4, -0.2) is 44.6 Å². The van der Waals surface area contributed by atoms with Gasteiger partial charge in [-0.05, 0) is 30.2 Å². The SMILES string of the molecule is O=C(NCCCn1ncc2ccccc21)C1CC(=O)N(Cc2ccncc2)C1. The van der Waals surface area contributed by atoms with Crippen LogP contribution in [0.4, 0.5) is 0 Å². The molecule has 1 aliphatic rings. The van der Waals surface area contributed by atoms with Gasteiger partial charge in [-0.15, -0.1) is 0 Å². The maximum atomic E-state index is 12.4. The molecular formula is C21H23N5O2. The predicted molar refractivity (Wildman–Crippen MR) is 105 cm³/mol. The summed E-state index contributed by atoms with van der Waals surface area (Å²) >= 11 is 0. The highest BCUT2D eigenvalue weighted by Gasteiger charge is 2.33. The van der Waals surface area contributed by atoms with E-state index in [1.807, 2.05) is 47.3 Å². The number of aromatic nitrogens is 3. The Labute approximate surface area is 163 Å². The predicted octanol–water partition coefficient (Wildman–Crippen LogP) is 1.99. The second-order valence-electron chi connectivity index (χ2n) is 7.10. The lowest BCUT2D eigenvalue weighted by atomic mass is 10.1. The molecule has 1 unspecified atom stereocenters. The van der Waals surface area contributed by atoms with Crippen molar-refractivity contribution in [3.63, 3.8) is 0 Å². The number of rotatable bonds is 7. The minimum Gasteiger partial charge on any atom is -0.356 e. The fraction of sp³-hybridized carbons (Fsp3) is 0.333. The highest BCUT2D eigenvalue weighted by atomic mass is 16.2. The van der Waals surface area contributed by atoms with E-state index in [9.17, 15) is 9.59 Å². The quantitative estimate of drug-likeness (QED) is 0.639. The summed E-state index contributed by atoms with van der Waals surface area (Å²) in [7, 11) is 0. The summed E-state index contributed by atoms with van der Waals surface area (Å²) in [5.41, 5.74) is 2.12. The smallest absolute Gasteiger partial charge is 0.225 e. The van der Waals surface area contributed by atoms with Gasteiger partial charge in [-0.1, -0.05) is 18.2 Å². The molecule has 0 radical (unpaired) electrons. The molecule has 0 saturated carbocycles. The van der Waals surface area contributed by atoms with E-state index in [0.717, 1.165) is 29.4 Å². The number of carbonyl (C=O) groups excluding carboxylic acids is 2. The van der Waals surface area contributed by atoms with E-state index in [4.69, 9.17) is 0 Å². The number of nitrogens with one attached hydrogen (secondary N) is 1. The number of benzene rings is 1. The van der Waals surface area contributed by atoms with Crippen molar-refractivity contribution in [2.75, 3.05) is 13.1 Å². The first kappa shape index (κ1) is 18.2. The van der Waals surface area contributed by atoms with E-state index in [1.54, 1.807) is 17.3 Å². The van der Waals surface area contributed by atoms with Crippen LogP contribution in [0.5, 0.6) is 0 Å². The van der Waals surface area contributed by atoms with Crippen LogP contribution in [0, 0.1) is 5.92 Å². The molecule has 1 atom stereocenters. The van der Waals surface area contributed by atoms with Gasteiger partial charge in [-0.25, -0.2) is 0 Å². The van der Waals surface area contributed by atoms with Gasteiger partial charge < -0.3 is 10.2 Å². The molecule has 28 heavy (non-hydrogen) atoms. The molecule has 0 bridgehead atoms. The van der Waals surface area contributed by atoms with E-state index >= 15 is 0 Å². The normalized spacial score (nSPS) is 16.6. The molecule has 7 heteroatoms. The Balaban J connectivity index is 1.23. The monoisotopic (exact) mass is 377 g/mol. The van der Waals surface area contributed by atoms with Crippen molar-refractivity contribution in [2.24, 2.45) is 5.92 Å². The van der Waals surface area contributed by atoms with Crippen LogP contribution >= 0.6 is 0 Å². The fourth-order valence-corrected chi connectivity index (χ4v) is 3.60. The van der Waals surface area contributed by atoms with Crippen molar-refractivity contribution in [2.45, 2.75) is 25.9 Å². The number of amides is 2. The Kier molecular flexibility index (Phi) is 5.32. The number of fused-ring (bicyclic) bond motifs is 1. The first-order chi connectivity index (χ1) is 13.7. The van der Waals surface area contributed by atoms with Gasteiger partial charge >= 0.3 is 0 Å². The maximum absolute atomic E-state index is 12.4. The molecule has 1 fully saturated rings. The van der Waals surface area contributed by atoms with Crippen molar-refractivity contribution in [1.29, 1.82) is 0 Å². The van der Waals surface area contributed by atoms with Crippen molar-refractivity contribution in [3.8, 4) is 0 Å². The van der Waals surface area contributed by atoms with Crippen molar-refractivity contribution in [3.05, 3.63) is 60.6 Å². The number of aryl methyl sites for hydroxylation is 1. The third-order valence-electron chi connectivity index (χ3n) is 5.11. The summed E-state index contributed by atoms with van der Waals surface area (Å²) < 4.78 is 1.96. The zero-order chi connectivity index (χ0) is 19.3. The van der Waals surface area contributed by atoms with Gasteiger partial charge in [0.15, 0.2) is 0 Å². The van der Waals surface area contributed by atoms with E-state index in [0.29, 0.717) is 19.6 Å². The van der Waals surface area contributed by atoms with Gasteiger partial charge in [0.1, 0.15) is 0 Å². The average molecular weight is 377 g/mol. The number of likely N-dealkylation sites (tertiary alicyclic amines) is 1. The molecule has 1 saturated heterocycles. The number of nitrogens with zero attached hydrogens (tertiary/aromatic N) is 4. The molecule has 7 nitrogen and oxygen atoms in total. The van der Waals surface area contributed by atoms with E-state index < -0.39 is 0 Å². The summed E-state index contributed by atoms with van der Waals surface area (Å²) in [6.45, 7) is 2.31. The molecule has 1 aromatic carbocycles. The Morgan fingerprint density at radius 1 is 1.18 bits per heavy atom. The Morgan fingerprint density at radius 3 is 2.86 bits per heavy atom. The van der Waals surface area contributed by atoms with Gasteiger partial charge in [-0.2, -0.15) is 5.10 Å². The lowest BCUT2D eigenvalue weighted by Gasteiger charge is -2.16. The van der Waals surface area contributed by atoms with Gasteiger partial charge in [0, 0.05) is 50.4 Å². The lowest BCUT2D eigenvalue weighted by molar-refractivity contribution is -0.129. The number of hydrogen-bond acceptors (Lipinski definition) is 4. The molecule has 0 spiro atoms. The highest BCUT2D eigenvalue weighted by Crippen LogP contribution is 2.20. The third-order valence-corrected chi connectivity index (χ3v) is 5.11. The first-order valence-electron chi connectivity index (χ1n) is 9.55. The Morgan fingerprint density at radius 2 is 2.00 bits per heavy atom. The molecule has 2 aromatic heterocycles. The zero-order valence-electron chi connectivity index (χ0n) is 15.6. The summed E-state index contributed by atoms with van der Waals surface area (Å²) in [6, 6.07) is 11.9. The molecule has 0 aliphatic carbocycles. The van der Waals surface area contributed by atoms with E-state index in [-0.39, 0.29) is 24.2 Å². The largest absolute Gasteiger partial charge is 0.356 e. The van der Waals surface area contributed by atoms with Crippen molar-refractivity contribution < 1.29 is 9.59 Å². The van der Waals surface area contributed by atoms with Crippen LogP contribution in [0.1, 0.15) is 18.4 Å². The van der Waals surface area contributed by atoms with Gasteiger partial charge in [0.25, 0.3) is 0 Å². The lowest BCUT2D eigenvalue weighted by Crippen LogP contribution is -2.33. The summed E-state index contributed by atoms with van der Waals surface area (Å²) in [5.74, 6) is -0.296. The number of hydrogen-bond donors (Lipinski definition) is 1. The summed E-state index contributed by atoms with van der Waals surface area (Å²) in [4.78, 5) is 30.4. The molecule has 1 N–H and O–H groups in total. The second kappa shape index (κ2) is 8.21. The van der Waals surface area contributed by atoms with Crippen LogP contribution in [-0.2, 0) is 22.7 Å². The minimum atomic E-state index is -0.278. The molecule has 3 heterocycles. The molecule has 2 amide bonds. The molecule has 4 rings (SSSR count). The molecule has 1 aliphatic heterocycles. The van der Waals surface area contributed by atoms with Crippen LogP contribution in [0.2, 0.25) is 0 Å². The Bertz CT molecular complexity index is 969. The zero-order valence-corrected chi connectivity index (χ0v) is 15.6. The van der Waals surface area contributed by atoms with Gasteiger partial charge in [-0.3, -0.25) is 19.3 Å². The van der Waals surface area contributed by atoms with Crippen molar-refractivity contribution in [1.82, 2.24) is 25.0 Å². The first-order valence-corrected chi connectivity index (χ1v) is 9.55. The third kappa shape index (κ3) is 4.03. The highest BCUT2D eigenvalue weighted by molar-refractivity contribution is 5.89. The number of para-hydroxylation sites is 1. The Hall–Kier alpha value is -3.22. The van der Waals surface area contributed by atoms with Gasteiger partial charge in [0.05, 0.1) is 17.6 Å². The van der Waals surface area contributed by atoms with Crippen LogP contribution in [0.25, 0.3) is 10.9 Å². The van der Waals surface area contributed by atoms with Crippen molar-refractivity contribution >= 4 is 22.7 Å². The summed E-state index contributed by atoms with van der Waals surface area (Å²) in [5, 5.41) is 8.48. The topological polar surface area (TPSA) is 80.1 Å². The van der Waals surface area contributed by atoms with Crippen LogP contribution in [0.3, 0.4) is 0 Å². The minimum absolute atomic E-state index is 0.0278. The fourth-order valence-electron chi connectivity index (χ4n) is 3.60. The molecular weight excluding hydrogens is 354 g/mol. The maximum Gasteiger partial charge on any atom is 0.225 e. The number of carbonyl (C=O) groups is 2.